The van der Waals surface area contributed by atoms with E-state index in [1.807, 2.05) is 43.5 Å². The summed E-state index contributed by atoms with van der Waals surface area (Å²) in [5, 5.41) is 2.03. The van der Waals surface area contributed by atoms with Crippen molar-refractivity contribution in [3.63, 3.8) is 0 Å². The molecule has 3 aromatic rings. The van der Waals surface area contributed by atoms with Crippen molar-refractivity contribution in [1.82, 2.24) is 9.80 Å². The highest BCUT2D eigenvalue weighted by Crippen LogP contribution is 2.34. The molecule has 0 saturated heterocycles. The van der Waals surface area contributed by atoms with Crippen molar-refractivity contribution >= 4 is 23.2 Å². The van der Waals surface area contributed by atoms with E-state index in [1.165, 1.54) is 21.9 Å². The topological polar surface area (TPSA) is 59.1 Å². The molecule has 0 aliphatic carbocycles. The number of ether oxygens (including phenoxy) is 2. The molecular weight excluding hydrogens is 479 g/mol. The molecule has 0 spiro atoms. The number of fused-ring (bicyclic) bond motifs is 1. The molecule has 0 saturated carbocycles. The summed E-state index contributed by atoms with van der Waals surface area (Å²) in [4.78, 5) is 31.4. The van der Waals surface area contributed by atoms with Crippen LogP contribution in [0.3, 0.4) is 0 Å². The molecule has 2 aromatic carbocycles. The average molecular weight is 511 g/mol. The van der Waals surface area contributed by atoms with Gasteiger partial charge in [-0.15, -0.1) is 11.3 Å². The minimum atomic E-state index is -0.589. The molecule has 2 amide bonds. The number of carbonyl (C=O) groups excluding carboxylic acids is 2. The largest absolute Gasteiger partial charge is 0.497 e. The summed E-state index contributed by atoms with van der Waals surface area (Å²) in [7, 11) is 1.60. The number of hydrogen-bond acceptors (Lipinski definition) is 5. The monoisotopic (exact) mass is 510 g/mol. The number of rotatable bonds is 9. The van der Waals surface area contributed by atoms with Gasteiger partial charge in [-0.3, -0.25) is 9.59 Å². The maximum Gasteiger partial charge on any atom is 0.257 e. The van der Waals surface area contributed by atoms with Crippen LogP contribution in [0, 0.1) is 5.82 Å². The van der Waals surface area contributed by atoms with Gasteiger partial charge in [-0.25, -0.2) is 4.39 Å². The van der Waals surface area contributed by atoms with Gasteiger partial charge in [0.15, 0.2) is 0 Å². The Hall–Kier alpha value is -3.39. The zero-order chi connectivity index (χ0) is 25.7. The quantitative estimate of drug-likeness (QED) is 0.390. The zero-order valence-electron chi connectivity index (χ0n) is 20.8. The van der Waals surface area contributed by atoms with E-state index >= 15 is 0 Å². The summed E-state index contributed by atoms with van der Waals surface area (Å²) >= 11 is 1.68. The number of carbonyl (C=O) groups is 2. The summed E-state index contributed by atoms with van der Waals surface area (Å²) in [5.74, 6) is 0.0919. The van der Waals surface area contributed by atoms with E-state index in [4.69, 9.17) is 9.47 Å². The van der Waals surface area contributed by atoms with Gasteiger partial charge in [0, 0.05) is 23.5 Å². The highest BCUT2D eigenvalue weighted by Gasteiger charge is 2.34. The second-order valence-electron chi connectivity index (χ2n) is 8.81. The van der Waals surface area contributed by atoms with E-state index in [2.05, 4.69) is 0 Å². The van der Waals surface area contributed by atoms with Gasteiger partial charge in [-0.2, -0.15) is 0 Å². The minimum absolute atomic E-state index is 0.0257. The molecule has 0 N–H and O–H groups in total. The highest BCUT2D eigenvalue weighted by molar-refractivity contribution is 7.10. The van der Waals surface area contributed by atoms with Crippen molar-refractivity contribution in [2.75, 3.05) is 26.8 Å². The van der Waals surface area contributed by atoms with Gasteiger partial charge in [0.25, 0.3) is 5.91 Å². The minimum Gasteiger partial charge on any atom is -0.497 e. The van der Waals surface area contributed by atoms with E-state index in [0.717, 1.165) is 12.0 Å². The van der Waals surface area contributed by atoms with Gasteiger partial charge in [-0.1, -0.05) is 25.1 Å². The maximum absolute atomic E-state index is 14.4. The summed E-state index contributed by atoms with van der Waals surface area (Å²) in [6.45, 7) is 4.49. The van der Waals surface area contributed by atoms with E-state index in [-0.39, 0.29) is 36.7 Å². The van der Waals surface area contributed by atoms with Gasteiger partial charge in [-0.05, 0) is 61.0 Å². The second kappa shape index (κ2) is 11.6. The molecule has 36 heavy (non-hydrogen) atoms. The van der Waals surface area contributed by atoms with Crippen molar-refractivity contribution in [2.45, 2.75) is 38.8 Å². The molecule has 8 heteroatoms. The average Bonchev–Trinajstić information content (AvgIpc) is 3.39. The van der Waals surface area contributed by atoms with E-state index in [0.29, 0.717) is 24.5 Å². The Kier molecular flexibility index (Phi) is 8.25. The molecule has 1 aliphatic rings. The third-order valence-corrected chi connectivity index (χ3v) is 7.65. The van der Waals surface area contributed by atoms with Crippen LogP contribution in [0.4, 0.5) is 4.39 Å². The molecule has 190 valence electrons. The number of nitrogens with zero attached hydrogens (tertiary/aromatic N) is 2. The zero-order valence-corrected chi connectivity index (χ0v) is 21.6. The lowest BCUT2D eigenvalue weighted by molar-refractivity contribution is -0.136. The summed E-state index contributed by atoms with van der Waals surface area (Å²) in [6.07, 6.45) is 1.39. The molecule has 0 fully saturated rings. The molecular formula is C28H31FN2O4S. The molecule has 4 rings (SSSR count). The molecule has 2 atom stereocenters. The van der Waals surface area contributed by atoms with Crippen molar-refractivity contribution in [1.29, 1.82) is 0 Å². The molecule has 6 nitrogen and oxygen atoms in total. The number of hydrogen-bond donors (Lipinski definition) is 0. The van der Waals surface area contributed by atoms with Gasteiger partial charge in [0.05, 0.1) is 18.7 Å². The van der Waals surface area contributed by atoms with Crippen LogP contribution < -0.4 is 9.47 Å². The molecule has 2 heterocycles. The van der Waals surface area contributed by atoms with Gasteiger partial charge >= 0.3 is 0 Å². The predicted octanol–water partition coefficient (Wildman–Crippen LogP) is 5.34. The van der Waals surface area contributed by atoms with Crippen LogP contribution in [0.5, 0.6) is 11.5 Å². The van der Waals surface area contributed by atoms with Gasteiger partial charge in [0.1, 0.15) is 30.5 Å². The van der Waals surface area contributed by atoms with Crippen molar-refractivity contribution in [3.8, 4) is 11.5 Å². The lowest BCUT2D eigenvalue weighted by Gasteiger charge is -2.38. The first kappa shape index (κ1) is 25.7. The van der Waals surface area contributed by atoms with Crippen LogP contribution in [-0.4, -0.2) is 54.5 Å². The Morgan fingerprint density at radius 2 is 1.94 bits per heavy atom. The third kappa shape index (κ3) is 5.54. The van der Waals surface area contributed by atoms with E-state index in [9.17, 15) is 14.0 Å². The highest BCUT2D eigenvalue weighted by atomic mass is 32.1. The lowest BCUT2D eigenvalue weighted by Crippen LogP contribution is -2.50. The van der Waals surface area contributed by atoms with Crippen LogP contribution in [0.25, 0.3) is 0 Å². The van der Waals surface area contributed by atoms with E-state index < -0.39 is 11.7 Å². The Labute approximate surface area is 215 Å². The van der Waals surface area contributed by atoms with Crippen molar-refractivity contribution < 1.29 is 23.5 Å². The lowest BCUT2D eigenvalue weighted by atomic mass is 10.00. The number of benzene rings is 2. The molecule has 1 aliphatic heterocycles. The Bertz CT molecular complexity index is 1210. The summed E-state index contributed by atoms with van der Waals surface area (Å²) < 4.78 is 25.8. The third-order valence-electron chi connectivity index (χ3n) is 6.66. The second-order valence-corrected chi connectivity index (χ2v) is 9.81. The van der Waals surface area contributed by atoms with Crippen LogP contribution in [0.2, 0.25) is 0 Å². The van der Waals surface area contributed by atoms with Gasteiger partial charge in [0.2, 0.25) is 5.91 Å². The first-order valence-corrected chi connectivity index (χ1v) is 13.0. The summed E-state index contributed by atoms with van der Waals surface area (Å²) in [6, 6.07) is 14.8. The number of halogens is 1. The fourth-order valence-electron chi connectivity index (χ4n) is 4.41. The van der Waals surface area contributed by atoms with Crippen LogP contribution in [0.1, 0.15) is 47.1 Å². The first-order chi connectivity index (χ1) is 17.4. The number of amides is 2. The van der Waals surface area contributed by atoms with Crippen molar-refractivity contribution in [3.05, 3.63) is 81.8 Å². The Morgan fingerprint density at radius 3 is 2.69 bits per heavy atom. The van der Waals surface area contributed by atoms with Gasteiger partial charge < -0.3 is 19.3 Å². The van der Waals surface area contributed by atoms with Crippen molar-refractivity contribution in [2.24, 2.45) is 0 Å². The predicted molar refractivity (Wildman–Crippen MR) is 138 cm³/mol. The summed E-state index contributed by atoms with van der Waals surface area (Å²) in [5.41, 5.74) is 1.04. The van der Waals surface area contributed by atoms with Crippen LogP contribution >= 0.6 is 11.3 Å². The Balaban J connectivity index is 1.56. The molecule has 0 bridgehead atoms. The SMILES string of the molecule is CC[C@H](C)N(CC(=O)N1CCc2sccc2[C@H]1COc1cccc(OC)c1)C(=O)c1ccccc1F. The fourth-order valence-corrected chi connectivity index (χ4v) is 5.34. The maximum atomic E-state index is 14.4. The smallest absolute Gasteiger partial charge is 0.257 e. The normalized spacial score (nSPS) is 15.7. The van der Waals surface area contributed by atoms with E-state index in [1.54, 1.807) is 41.5 Å². The number of methoxy groups -OCH3 is 1. The number of thiophene rings is 1. The fraction of sp³-hybridized carbons (Fsp3) is 0.357. The Morgan fingerprint density at radius 1 is 1.17 bits per heavy atom. The van der Waals surface area contributed by atoms with Crippen LogP contribution in [0.15, 0.2) is 60.0 Å². The standard InChI is InChI=1S/C28H31FN2O4S/c1-4-19(2)31(28(33)22-10-5-6-11-24(22)29)17-27(32)30-14-12-26-23(13-15-36-26)25(30)18-35-21-9-7-8-20(16-21)34-3/h5-11,13,15-16,19,25H,4,12,14,17-18H2,1-3H3/t19-,25+/m0/s1. The first-order valence-electron chi connectivity index (χ1n) is 12.1. The molecule has 0 radical (unpaired) electrons. The molecule has 0 unspecified atom stereocenters. The van der Waals surface area contributed by atoms with Crippen LogP contribution in [-0.2, 0) is 11.2 Å². The molecule has 1 aromatic heterocycles.